The number of fused-ring (bicyclic) bond motifs is 1. The van der Waals surface area contributed by atoms with Crippen LogP contribution in [0, 0.1) is 5.82 Å². The first-order valence-electron chi connectivity index (χ1n) is 11.3. The summed E-state index contributed by atoms with van der Waals surface area (Å²) in [7, 11) is 0. The third kappa shape index (κ3) is 3.90. The lowest BCUT2D eigenvalue weighted by Crippen LogP contribution is -2.43. The minimum atomic E-state index is -0.309. The summed E-state index contributed by atoms with van der Waals surface area (Å²) in [6, 6.07) is 6.13. The SMILES string of the molecule is O=C(NC[C@@H]1CCCN1C(=O)c1nc(C2CC2)sc1-c1ccc(F)cc1)c1cnc2sccn12. The molecule has 1 N–H and O–H groups in total. The molecule has 1 saturated carbocycles. The molecule has 0 radical (unpaired) electrons. The summed E-state index contributed by atoms with van der Waals surface area (Å²) >= 11 is 3.01. The number of rotatable bonds is 6. The second kappa shape index (κ2) is 8.59. The van der Waals surface area contributed by atoms with Gasteiger partial charge in [0.2, 0.25) is 0 Å². The summed E-state index contributed by atoms with van der Waals surface area (Å²) in [5, 5.41) is 5.85. The average Bonchev–Trinajstić information content (AvgIpc) is 3.22. The number of carbonyl (C=O) groups excluding carboxylic acids is 2. The molecule has 0 spiro atoms. The van der Waals surface area contributed by atoms with Crippen molar-refractivity contribution in [3.8, 4) is 10.4 Å². The van der Waals surface area contributed by atoms with E-state index in [-0.39, 0.29) is 23.7 Å². The monoisotopic (exact) mass is 495 g/mol. The summed E-state index contributed by atoms with van der Waals surface area (Å²) in [5.41, 5.74) is 1.73. The van der Waals surface area contributed by atoms with Crippen LogP contribution in [-0.4, -0.2) is 50.2 Å². The average molecular weight is 496 g/mol. The Labute approximate surface area is 203 Å². The second-order valence-corrected chi connectivity index (χ2v) is 10.6. The maximum atomic E-state index is 13.7. The number of amides is 2. The molecule has 1 saturated heterocycles. The number of benzene rings is 1. The van der Waals surface area contributed by atoms with Crippen LogP contribution in [0.15, 0.2) is 42.0 Å². The minimum Gasteiger partial charge on any atom is -0.349 e. The van der Waals surface area contributed by atoms with Crippen molar-refractivity contribution in [1.29, 1.82) is 0 Å². The molecular weight excluding hydrogens is 473 g/mol. The molecule has 10 heteroatoms. The van der Waals surface area contributed by atoms with Crippen LogP contribution in [0.5, 0.6) is 0 Å². The number of carbonyl (C=O) groups is 2. The smallest absolute Gasteiger partial charge is 0.274 e. The highest BCUT2D eigenvalue weighted by Gasteiger charge is 2.35. The molecular formula is C24H22FN5O2S2. The van der Waals surface area contributed by atoms with Gasteiger partial charge in [0.1, 0.15) is 17.2 Å². The van der Waals surface area contributed by atoms with Gasteiger partial charge in [0.15, 0.2) is 4.96 Å². The van der Waals surface area contributed by atoms with Crippen LogP contribution in [0.25, 0.3) is 15.4 Å². The Bertz CT molecular complexity index is 1370. The summed E-state index contributed by atoms with van der Waals surface area (Å²) in [4.78, 5) is 38.8. The number of nitrogens with zero attached hydrogens (tertiary/aromatic N) is 4. The molecule has 3 aromatic heterocycles. The number of hydrogen-bond donors (Lipinski definition) is 1. The van der Waals surface area contributed by atoms with Crippen molar-refractivity contribution in [3.63, 3.8) is 0 Å². The van der Waals surface area contributed by atoms with E-state index < -0.39 is 0 Å². The predicted octanol–water partition coefficient (Wildman–Crippen LogP) is 4.57. The summed E-state index contributed by atoms with van der Waals surface area (Å²) in [6.45, 7) is 0.993. The third-order valence-corrected chi connectivity index (χ3v) is 8.43. The Balaban J connectivity index is 1.22. The van der Waals surface area contributed by atoms with Crippen LogP contribution in [0.4, 0.5) is 4.39 Å². The van der Waals surface area contributed by atoms with E-state index in [2.05, 4.69) is 10.3 Å². The maximum Gasteiger partial charge on any atom is 0.274 e. The zero-order chi connectivity index (χ0) is 23.2. The first-order chi connectivity index (χ1) is 16.6. The van der Waals surface area contributed by atoms with E-state index >= 15 is 0 Å². The zero-order valence-corrected chi connectivity index (χ0v) is 19.9. The number of thiazole rings is 2. The van der Waals surface area contributed by atoms with Crippen LogP contribution < -0.4 is 5.32 Å². The quantitative estimate of drug-likeness (QED) is 0.425. The minimum absolute atomic E-state index is 0.102. The Hall–Kier alpha value is -3.11. The summed E-state index contributed by atoms with van der Waals surface area (Å²) in [5.74, 6) is -0.216. The van der Waals surface area contributed by atoms with Gasteiger partial charge in [0.25, 0.3) is 11.8 Å². The van der Waals surface area contributed by atoms with Crippen molar-refractivity contribution >= 4 is 39.4 Å². The highest BCUT2D eigenvalue weighted by atomic mass is 32.1. The molecule has 2 fully saturated rings. The molecule has 1 atom stereocenters. The molecule has 34 heavy (non-hydrogen) atoms. The molecule has 7 nitrogen and oxygen atoms in total. The van der Waals surface area contributed by atoms with Gasteiger partial charge in [0, 0.05) is 36.6 Å². The van der Waals surface area contributed by atoms with Gasteiger partial charge in [-0.15, -0.1) is 22.7 Å². The topological polar surface area (TPSA) is 79.6 Å². The Kier molecular flexibility index (Phi) is 5.41. The maximum absolute atomic E-state index is 13.7. The van der Waals surface area contributed by atoms with Crippen molar-refractivity contribution in [3.05, 3.63) is 64.3 Å². The van der Waals surface area contributed by atoms with Gasteiger partial charge in [0.05, 0.1) is 16.1 Å². The van der Waals surface area contributed by atoms with Crippen LogP contribution in [0.3, 0.4) is 0 Å². The lowest BCUT2D eigenvalue weighted by molar-refractivity contribution is 0.0720. The lowest BCUT2D eigenvalue weighted by Gasteiger charge is -2.24. The van der Waals surface area contributed by atoms with Gasteiger partial charge in [-0.1, -0.05) is 12.1 Å². The van der Waals surface area contributed by atoms with E-state index in [0.29, 0.717) is 30.4 Å². The van der Waals surface area contributed by atoms with Gasteiger partial charge in [-0.25, -0.2) is 14.4 Å². The molecule has 0 unspecified atom stereocenters. The second-order valence-electron chi connectivity index (χ2n) is 8.71. The Morgan fingerprint density at radius 3 is 2.79 bits per heavy atom. The molecule has 1 aliphatic heterocycles. The number of likely N-dealkylation sites (tertiary alicyclic amines) is 1. The largest absolute Gasteiger partial charge is 0.349 e. The highest BCUT2D eigenvalue weighted by Crippen LogP contribution is 2.45. The Morgan fingerprint density at radius 2 is 2.00 bits per heavy atom. The van der Waals surface area contributed by atoms with E-state index in [1.54, 1.807) is 22.7 Å². The normalized spacial score (nSPS) is 18.0. The van der Waals surface area contributed by atoms with E-state index in [9.17, 15) is 14.0 Å². The molecule has 4 aromatic rings. The highest BCUT2D eigenvalue weighted by molar-refractivity contribution is 7.15. The fourth-order valence-corrected chi connectivity index (χ4v) is 6.35. The lowest BCUT2D eigenvalue weighted by atomic mass is 10.1. The van der Waals surface area contributed by atoms with Crippen LogP contribution >= 0.6 is 22.7 Å². The molecule has 6 rings (SSSR count). The molecule has 1 aliphatic carbocycles. The van der Waals surface area contributed by atoms with E-state index in [4.69, 9.17) is 4.98 Å². The predicted molar refractivity (Wildman–Crippen MR) is 129 cm³/mol. The molecule has 2 amide bonds. The number of nitrogens with one attached hydrogen (secondary N) is 1. The van der Waals surface area contributed by atoms with Gasteiger partial charge in [-0.05, 0) is 43.4 Å². The first-order valence-corrected chi connectivity index (χ1v) is 13.0. The van der Waals surface area contributed by atoms with Gasteiger partial charge >= 0.3 is 0 Å². The number of aromatic nitrogens is 3. The van der Waals surface area contributed by atoms with Crippen molar-refractivity contribution < 1.29 is 14.0 Å². The van der Waals surface area contributed by atoms with Crippen LogP contribution in [0.2, 0.25) is 0 Å². The standard InChI is InChI=1S/C24H22FN5O2S2/c25-16-7-5-14(6-8-16)20-19(28-22(34-20)15-3-4-15)23(32)29-9-1-2-17(29)12-26-21(31)18-13-27-24-30(18)10-11-33-24/h5-8,10-11,13,15,17H,1-4,9,12H2,(H,26,31)/t17-/m0/s1. The van der Waals surface area contributed by atoms with Crippen LogP contribution in [-0.2, 0) is 0 Å². The zero-order valence-electron chi connectivity index (χ0n) is 18.2. The van der Waals surface area contributed by atoms with Crippen LogP contribution in [0.1, 0.15) is 57.6 Å². The van der Waals surface area contributed by atoms with E-state index in [1.165, 1.54) is 34.8 Å². The van der Waals surface area contributed by atoms with E-state index in [0.717, 1.165) is 46.1 Å². The third-order valence-electron chi connectivity index (χ3n) is 6.39. The van der Waals surface area contributed by atoms with Crippen molar-refractivity contribution in [2.45, 2.75) is 37.6 Å². The van der Waals surface area contributed by atoms with Crippen molar-refractivity contribution in [2.24, 2.45) is 0 Å². The molecule has 4 heterocycles. The fraction of sp³-hybridized carbons (Fsp3) is 0.333. The summed E-state index contributed by atoms with van der Waals surface area (Å²) < 4.78 is 15.3. The van der Waals surface area contributed by atoms with Crippen molar-refractivity contribution in [2.75, 3.05) is 13.1 Å². The van der Waals surface area contributed by atoms with Gasteiger partial charge in [-0.3, -0.25) is 14.0 Å². The van der Waals surface area contributed by atoms with E-state index in [1.807, 2.05) is 16.5 Å². The molecule has 2 aliphatic rings. The number of hydrogen-bond acceptors (Lipinski definition) is 6. The Morgan fingerprint density at radius 1 is 1.18 bits per heavy atom. The number of imidazole rings is 1. The summed E-state index contributed by atoms with van der Waals surface area (Å²) in [6.07, 6.45) is 7.27. The van der Waals surface area contributed by atoms with Crippen molar-refractivity contribution in [1.82, 2.24) is 24.6 Å². The first kappa shape index (κ1) is 21.4. The fourth-order valence-electron chi connectivity index (χ4n) is 4.43. The molecule has 0 bridgehead atoms. The van der Waals surface area contributed by atoms with Gasteiger partial charge in [-0.2, -0.15) is 0 Å². The van der Waals surface area contributed by atoms with Gasteiger partial charge < -0.3 is 10.2 Å². The molecule has 174 valence electrons. The molecule has 1 aromatic carbocycles. The number of halogens is 1.